The predicted molar refractivity (Wildman–Crippen MR) is 85.3 cm³/mol. The first-order valence-corrected chi connectivity index (χ1v) is 7.65. The minimum absolute atomic E-state index is 0.00674. The Hall–Kier alpha value is -2.48. The van der Waals surface area contributed by atoms with Gasteiger partial charge < -0.3 is 15.7 Å². The molecule has 0 saturated carbocycles. The van der Waals surface area contributed by atoms with Gasteiger partial charge in [-0.25, -0.2) is 8.78 Å². The molecule has 24 heavy (non-hydrogen) atoms. The molecule has 1 heterocycles. The van der Waals surface area contributed by atoms with Crippen LogP contribution in [0.5, 0.6) is 0 Å². The van der Waals surface area contributed by atoms with Crippen LogP contribution in [0.1, 0.15) is 24.9 Å². The second-order valence-corrected chi connectivity index (χ2v) is 5.27. The first kappa shape index (κ1) is 17.9. The van der Waals surface area contributed by atoms with E-state index < -0.39 is 17.7 Å². The molecule has 1 aromatic heterocycles. The first-order valence-electron chi connectivity index (χ1n) is 7.65. The molecule has 2 aromatic rings. The van der Waals surface area contributed by atoms with Crippen molar-refractivity contribution in [3.05, 3.63) is 47.8 Å². The lowest BCUT2D eigenvalue weighted by Crippen LogP contribution is -2.30. The van der Waals surface area contributed by atoms with Crippen LogP contribution in [0.3, 0.4) is 0 Å². The van der Waals surface area contributed by atoms with Gasteiger partial charge >= 0.3 is 0 Å². The van der Waals surface area contributed by atoms with Gasteiger partial charge in [0.2, 0.25) is 5.91 Å². The maximum atomic E-state index is 13.9. The molecule has 3 N–H and O–H groups in total. The maximum Gasteiger partial charge on any atom is 0.241 e. The van der Waals surface area contributed by atoms with Crippen LogP contribution in [-0.2, 0) is 11.3 Å². The Bertz CT molecular complexity index is 690. The summed E-state index contributed by atoms with van der Waals surface area (Å²) in [5.74, 6) is -1.25. The standard InChI is InChI=1S/C16H20F2N4O2/c1-2-15(13-7-11(17)3-4-14(13)18)21-12-8-20-22(9-12)10-16(24)19-5-6-23/h3-4,7-9,15,21,23H,2,5-6,10H2,1H3,(H,19,24). The van der Waals surface area contributed by atoms with Crippen molar-refractivity contribution in [3.63, 3.8) is 0 Å². The zero-order chi connectivity index (χ0) is 17.5. The van der Waals surface area contributed by atoms with Crippen LogP contribution in [0, 0.1) is 11.6 Å². The number of rotatable bonds is 8. The molecule has 1 atom stereocenters. The van der Waals surface area contributed by atoms with Crippen LogP contribution in [0.15, 0.2) is 30.6 Å². The Kier molecular flexibility index (Phi) is 6.25. The molecule has 0 radical (unpaired) electrons. The zero-order valence-electron chi connectivity index (χ0n) is 13.3. The molecule has 6 nitrogen and oxygen atoms in total. The number of amides is 1. The van der Waals surface area contributed by atoms with Crippen molar-refractivity contribution < 1.29 is 18.7 Å². The van der Waals surface area contributed by atoms with E-state index in [0.717, 1.165) is 12.1 Å². The molecular formula is C16H20F2N4O2. The monoisotopic (exact) mass is 338 g/mol. The number of anilines is 1. The Morgan fingerprint density at radius 1 is 1.42 bits per heavy atom. The number of aromatic nitrogens is 2. The molecule has 0 aliphatic rings. The average Bonchev–Trinajstić information content (AvgIpc) is 3.00. The van der Waals surface area contributed by atoms with Gasteiger partial charge in [0.15, 0.2) is 0 Å². The van der Waals surface area contributed by atoms with E-state index in [2.05, 4.69) is 15.7 Å². The molecule has 0 bridgehead atoms. The van der Waals surface area contributed by atoms with Gasteiger partial charge in [-0.15, -0.1) is 0 Å². The maximum absolute atomic E-state index is 13.9. The average molecular weight is 338 g/mol. The molecule has 8 heteroatoms. The fourth-order valence-electron chi connectivity index (χ4n) is 2.31. The SMILES string of the molecule is CCC(Nc1cnn(CC(=O)NCCO)c1)c1cc(F)ccc1F. The molecular weight excluding hydrogens is 318 g/mol. The highest BCUT2D eigenvalue weighted by Crippen LogP contribution is 2.25. The van der Waals surface area contributed by atoms with E-state index in [0.29, 0.717) is 12.1 Å². The molecule has 1 amide bonds. The number of halogens is 2. The Balaban J connectivity index is 2.04. The minimum Gasteiger partial charge on any atom is -0.395 e. The summed E-state index contributed by atoms with van der Waals surface area (Å²) in [6.07, 6.45) is 3.67. The molecule has 0 saturated heterocycles. The fourth-order valence-corrected chi connectivity index (χ4v) is 2.31. The van der Waals surface area contributed by atoms with E-state index in [-0.39, 0.29) is 31.2 Å². The third-order valence-electron chi connectivity index (χ3n) is 3.46. The van der Waals surface area contributed by atoms with Crippen LogP contribution in [0.4, 0.5) is 14.5 Å². The fraction of sp³-hybridized carbons (Fsp3) is 0.375. The molecule has 130 valence electrons. The number of carbonyl (C=O) groups excluding carboxylic acids is 1. The number of hydrogen-bond acceptors (Lipinski definition) is 4. The van der Waals surface area contributed by atoms with E-state index in [9.17, 15) is 13.6 Å². The highest BCUT2D eigenvalue weighted by molar-refractivity contribution is 5.75. The lowest BCUT2D eigenvalue weighted by Gasteiger charge is -2.18. The molecule has 0 fully saturated rings. The summed E-state index contributed by atoms with van der Waals surface area (Å²) in [6, 6.07) is 2.93. The summed E-state index contributed by atoms with van der Waals surface area (Å²) in [7, 11) is 0. The highest BCUT2D eigenvalue weighted by atomic mass is 19.1. The number of aliphatic hydroxyl groups is 1. The minimum atomic E-state index is -0.497. The lowest BCUT2D eigenvalue weighted by molar-refractivity contribution is -0.122. The van der Waals surface area contributed by atoms with Crippen LogP contribution in [0.2, 0.25) is 0 Å². The van der Waals surface area contributed by atoms with Gasteiger partial charge in [-0.2, -0.15) is 5.10 Å². The van der Waals surface area contributed by atoms with Gasteiger partial charge in [0.1, 0.15) is 18.2 Å². The predicted octanol–water partition coefficient (Wildman–Crippen LogP) is 1.83. The quantitative estimate of drug-likeness (QED) is 0.686. The third-order valence-corrected chi connectivity index (χ3v) is 3.46. The second kappa shape index (κ2) is 8.39. The Labute approximate surface area is 138 Å². The van der Waals surface area contributed by atoms with E-state index in [1.54, 1.807) is 6.20 Å². The van der Waals surface area contributed by atoms with Crippen molar-refractivity contribution in [2.45, 2.75) is 25.9 Å². The van der Waals surface area contributed by atoms with Gasteiger partial charge in [-0.1, -0.05) is 6.92 Å². The molecule has 1 aromatic carbocycles. The second-order valence-electron chi connectivity index (χ2n) is 5.27. The molecule has 0 spiro atoms. The largest absolute Gasteiger partial charge is 0.395 e. The number of nitrogens with zero attached hydrogens (tertiary/aromatic N) is 2. The number of benzene rings is 1. The smallest absolute Gasteiger partial charge is 0.241 e. The first-order chi connectivity index (χ1) is 11.5. The Morgan fingerprint density at radius 3 is 2.92 bits per heavy atom. The van der Waals surface area contributed by atoms with E-state index >= 15 is 0 Å². The van der Waals surface area contributed by atoms with Crippen LogP contribution in [0.25, 0.3) is 0 Å². The van der Waals surface area contributed by atoms with Crippen LogP contribution in [-0.4, -0.2) is 33.9 Å². The summed E-state index contributed by atoms with van der Waals surface area (Å²) in [4.78, 5) is 11.6. The van der Waals surface area contributed by atoms with Crippen LogP contribution < -0.4 is 10.6 Å². The summed E-state index contributed by atoms with van der Waals surface area (Å²) in [5, 5.41) is 18.3. The summed E-state index contributed by atoms with van der Waals surface area (Å²) >= 11 is 0. The topological polar surface area (TPSA) is 79.2 Å². The third kappa shape index (κ3) is 4.76. The van der Waals surface area contributed by atoms with Crippen molar-refractivity contribution in [1.82, 2.24) is 15.1 Å². The molecule has 1 unspecified atom stereocenters. The summed E-state index contributed by atoms with van der Waals surface area (Å²) in [6.45, 7) is 1.92. The normalized spacial score (nSPS) is 12.0. The van der Waals surface area contributed by atoms with E-state index in [4.69, 9.17) is 5.11 Å². The van der Waals surface area contributed by atoms with Gasteiger partial charge in [0, 0.05) is 18.3 Å². The van der Waals surface area contributed by atoms with Crippen molar-refractivity contribution in [2.24, 2.45) is 0 Å². The van der Waals surface area contributed by atoms with Gasteiger partial charge in [0.05, 0.1) is 24.5 Å². The zero-order valence-corrected chi connectivity index (χ0v) is 13.3. The number of hydrogen-bond donors (Lipinski definition) is 3. The van der Waals surface area contributed by atoms with Crippen LogP contribution >= 0.6 is 0 Å². The van der Waals surface area contributed by atoms with Gasteiger partial charge in [-0.05, 0) is 24.6 Å². The molecule has 2 rings (SSSR count). The van der Waals surface area contributed by atoms with Crippen molar-refractivity contribution in [3.8, 4) is 0 Å². The summed E-state index contributed by atoms with van der Waals surface area (Å²) in [5.41, 5.74) is 0.839. The molecule has 0 aliphatic carbocycles. The number of nitrogens with one attached hydrogen (secondary N) is 2. The summed E-state index contributed by atoms with van der Waals surface area (Å²) < 4.78 is 28.7. The van der Waals surface area contributed by atoms with E-state index in [1.807, 2.05) is 6.92 Å². The van der Waals surface area contributed by atoms with Crippen molar-refractivity contribution in [1.29, 1.82) is 0 Å². The van der Waals surface area contributed by atoms with Gasteiger partial charge in [-0.3, -0.25) is 9.48 Å². The van der Waals surface area contributed by atoms with E-state index in [1.165, 1.54) is 16.9 Å². The highest BCUT2D eigenvalue weighted by Gasteiger charge is 2.16. The van der Waals surface area contributed by atoms with Gasteiger partial charge in [0.25, 0.3) is 0 Å². The lowest BCUT2D eigenvalue weighted by atomic mass is 10.0. The Morgan fingerprint density at radius 2 is 2.21 bits per heavy atom. The molecule has 0 aliphatic heterocycles. The van der Waals surface area contributed by atoms with Crippen molar-refractivity contribution in [2.75, 3.05) is 18.5 Å². The van der Waals surface area contributed by atoms with Crippen molar-refractivity contribution >= 4 is 11.6 Å². The number of carbonyl (C=O) groups is 1. The number of aliphatic hydroxyl groups excluding tert-OH is 1.